The normalized spacial score (nSPS) is 17.2. The van der Waals surface area contributed by atoms with E-state index in [9.17, 15) is 4.79 Å². The summed E-state index contributed by atoms with van der Waals surface area (Å²) in [6.07, 6.45) is 1.81. The first kappa shape index (κ1) is 24.6. The lowest BCUT2D eigenvalue weighted by molar-refractivity contribution is 0.0168. The monoisotopic (exact) mass is 434 g/mol. The van der Waals surface area contributed by atoms with Crippen LogP contribution >= 0.6 is 0 Å². The molecule has 1 aliphatic heterocycles. The molecule has 174 valence electrons. The van der Waals surface area contributed by atoms with Gasteiger partial charge in [-0.1, -0.05) is 0 Å². The van der Waals surface area contributed by atoms with E-state index in [2.05, 4.69) is 10.6 Å². The fourth-order valence-corrected chi connectivity index (χ4v) is 3.45. The zero-order valence-electron chi connectivity index (χ0n) is 19.8. The van der Waals surface area contributed by atoms with Crippen LogP contribution in [-0.4, -0.2) is 63.0 Å². The van der Waals surface area contributed by atoms with Crippen molar-refractivity contribution in [3.05, 3.63) is 23.8 Å². The smallest absolute Gasteiger partial charge is 0.410 e. The first-order valence-corrected chi connectivity index (χ1v) is 11.0. The Hall–Kier alpha value is -2.64. The Morgan fingerprint density at radius 3 is 2.65 bits per heavy atom. The van der Waals surface area contributed by atoms with Crippen molar-refractivity contribution in [2.75, 3.05) is 40.4 Å². The Morgan fingerprint density at radius 1 is 1.23 bits per heavy atom. The van der Waals surface area contributed by atoms with Gasteiger partial charge in [0.15, 0.2) is 5.96 Å². The van der Waals surface area contributed by atoms with Gasteiger partial charge < -0.3 is 29.7 Å². The predicted molar refractivity (Wildman–Crippen MR) is 123 cm³/mol. The summed E-state index contributed by atoms with van der Waals surface area (Å²) in [6, 6.07) is 5.73. The second-order valence-electron chi connectivity index (χ2n) is 8.69. The number of guanidine groups is 1. The number of carbonyl (C=O) groups excluding carboxylic acids is 1. The van der Waals surface area contributed by atoms with E-state index in [4.69, 9.17) is 19.2 Å². The number of piperidine rings is 1. The number of nitrogens with zero attached hydrogens (tertiary/aromatic N) is 2. The maximum Gasteiger partial charge on any atom is 0.410 e. The maximum absolute atomic E-state index is 12.4. The molecule has 1 heterocycles. The molecule has 1 unspecified atom stereocenters. The Bertz CT molecular complexity index is 746. The van der Waals surface area contributed by atoms with Crippen molar-refractivity contribution in [1.82, 2.24) is 15.5 Å². The standard InChI is InChI=1S/C23H38N4O4/c1-7-24-21(26-15-18-10-11-19(29-5)13-20(18)30-6)25-14-17-9-8-12-27(16-17)22(28)31-23(2,3)4/h10-11,13,17H,7-9,12,14-16H2,1-6H3,(H2,24,25,26). The zero-order chi connectivity index (χ0) is 22.9. The topological polar surface area (TPSA) is 84.4 Å². The van der Waals surface area contributed by atoms with Gasteiger partial charge in [-0.25, -0.2) is 9.79 Å². The highest BCUT2D eigenvalue weighted by Crippen LogP contribution is 2.25. The highest BCUT2D eigenvalue weighted by atomic mass is 16.6. The van der Waals surface area contributed by atoms with Crippen molar-refractivity contribution in [2.45, 2.75) is 52.7 Å². The van der Waals surface area contributed by atoms with Gasteiger partial charge in [0.25, 0.3) is 0 Å². The quantitative estimate of drug-likeness (QED) is 0.505. The number of rotatable bonds is 7. The molecule has 0 bridgehead atoms. The Morgan fingerprint density at radius 2 is 2.00 bits per heavy atom. The molecule has 1 amide bonds. The molecule has 0 aliphatic carbocycles. The van der Waals surface area contributed by atoms with Crippen LogP contribution in [0.1, 0.15) is 46.1 Å². The van der Waals surface area contributed by atoms with Gasteiger partial charge in [0.1, 0.15) is 17.1 Å². The first-order chi connectivity index (χ1) is 14.8. The van der Waals surface area contributed by atoms with Crippen LogP contribution in [-0.2, 0) is 11.3 Å². The third-order valence-corrected chi connectivity index (χ3v) is 4.97. The third-order valence-electron chi connectivity index (χ3n) is 4.97. The second-order valence-corrected chi connectivity index (χ2v) is 8.69. The van der Waals surface area contributed by atoms with E-state index in [1.807, 2.05) is 50.8 Å². The molecule has 0 radical (unpaired) electrons. The van der Waals surface area contributed by atoms with Crippen LogP contribution in [0.5, 0.6) is 11.5 Å². The van der Waals surface area contributed by atoms with Crippen LogP contribution in [0.3, 0.4) is 0 Å². The summed E-state index contributed by atoms with van der Waals surface area (Å²) in [7, 11) is 3.28. The molecular weight excluding hydrogens is 396 g/mol. The van der Waals surface area contributed by atoms with Gasteiger partial charge in [0, 0.05) is 37.8 Å². The van der Waals surface area contributed by atoms with E-state index in [1.165, 1.54) is 0 Å². The summed E-state index contributed by atoms with van der Waals surface area (Å²) in [5, 5.41) is 6.71. The average molecular weight is 435 g/mol. The number of methoxy groups -OCH3 is 2. The van der Waals surface area contributed by atoms with Gasteiger partial charge in [-0.3, -0.25) is 0 Å². The summed E-state index contributed by atoms with van der Waals surface area (Å²) >= 11 is 0. The number of hydrogen-bond acceptors (Lipinski definition) is 5. The molecule has 0 spiro atoms. The number of hydrogen-bond donors (Lipinski definition) is 2. The van der Waals surface area contributed by atoms with Crippen LogP contribution in [0.25, 0.3) is 0 Å². The molecule has 1 saturated heterocycles. The third kappa shape index (κ3) is 8.19. The highest BCUT2D eigenvalue weighted by molar-refractivity contribution is 5.79. The number of aliphatic imine (C=N–C) groups is 1. The van der Waals surface area contributed by atoms with Crippen LogP contribution in [0.2, 0.25) is 0 Å². The number of amides is 1. The average Bonchev–Trinajstić information content (AvgIpc) is 2.74. The number of likely N-dealkylation sites (tertiary alicyclic amines) is 1. The van der Waals surface area contributed by atoms with E-state index < -0.39 is 5.60 Å². The summed E-state index contributed by atoms with van der Waals surface area (Å²) in [6.45, 7) is 11.1. The molecule has 2 rings (SSSR count). The van der Waals surface area contributed by atoms with Crippen molar-refractivity contribution in [2.24, 2.45) is 10.9 Å². The van der Waals surface area contributed by atoms with Gasteiger partial charge in [0.2, 0.25) is 0 Å². The van der Waals surface area contributed by atoms with Crippen molar-refractivity contribution in [3.63, 3.8) is 0 Å². The number of ether oxygens (including phenoxy) is 3. The van der Waals surface area contributed by atoms with Gasteiger partial charge in [0.05, 0.1) is 20.8 Å². The number of benzene rings is 1. The number of nitrogens with one attached hydrogen (secondary N) is 2. The molecule has 2 N–H and O–H groups in total. The Balaban J connectivity index is 1.95. The minimum atomic E-state index is -0.477. The molecule has 1 aromatic carbocycles. The van der Waals surface area contributed by atoms with Crippen molar-refractivity contribution < 1.29 is 19.0 Å². The molecule has 0 saturated carbocycles. The lowest BCUT2D eigenvalue weighted by Gasteiger charge is -2.34. The van der Waals surface area contributed by atoms with Crippen molar-refractivity contribution in [3.8, 4) is 11.5 Å². The van der Waals surface area contributed by atoms with Gasteiger partial charge >= 0.3 is 6.09 Å². The molecule has 1 aliphatic rings. The van der Waals surface area contributed by atoms with Gasteiger partial charge in [-0.2, -0.15) is 0 Å². The van der Waals surface area contributed by atoms with Gasteiger partial charge in [-0.15, -0.1) is 0 Å². The van der Waals surface area contributed by atoms with Gasteiger partial charge in [-0.05, 0) is 58.6 Å². The van der Waals surface area contributed by atoms with Crippen LogP contribution in [0.4, 0.5) is 4.79 Å². The molecule has 0 aromatic heterocycles. The summed E-state index contributed by atoms with van der Waals surface area (Å²) < 4.78 is 16.2. The molecule has 31 heavy (non-hydrogen) atoms. The minimum absolute atomic E-state index is 0.232. The van der Waals surface area contributed by atoms with Crippen LogP contribution in [0, 0.1) is 5.92 Å². The predicted octanol–water partition coefficient (Wildman–Crippen LogP) is 3.41. The molecular formula is C23H38N4O4. The lowest BCUT2D eigenvalue weighted by atomic mass is 9.98. The van der Waals surface area contributed by atoms with E-state index in [-0.39, 0.29) is 6.09 Å². The van der Waals surface area contributed by atoms with Crippen LogP contribution in [0.15, 0.2) is 23.2 Å². The van der Waals surface area contributed by atoms with E-state index in [1.54, 1.807) is 14.2 Å². The summed E-state index contributed by atoms with van der Waals surface area (Å²) in [4.78, 5) is 18.9. The first-order valence-electron chi connectivity index (χ1n) is 11.0. The molecule has 1 aromatic rings. The summed E-state index contributed by atoms with van der Waals surface area (Å²) in [5.74, 6) is 2.59. The van der Waals surface area contributed by atoms with Crippen molar-refractivity contribution in [1.29, 1.82) is 0 Å². The Kier molecular flexibility index (Phi) is 9.27. The summed E-state index contributed by atoms with van der Waals surface area (Å²) in [5.41, 5.74) is 0.504. The fraction of sp³-hybridized carbons (Fsp3) is 0.652. The lowest BCUT2D eigenvalue weighted by Crippen LogP contribution is -2.47. The minimum Gasteiger partial charge on any atom is -0.497 e. The maximum atomic E-state index is 12.4. The van der Waals surface area contributed by atoms with E-state index >= 15 is 0 Å². The second kappa shape index (κ2) is 11.7. The molecule has 1 fully saturated rings. The molecule has 8 nitrogen and oxygen atoms in total. The zero-order valence-corrected chi connectivity index (χ0v) is 19.8. The van der Waals surface area contributed by atoms with Crippen LogP contribution < -0.4 is 20.1 Å². The van der Waals surface area contributed by atoms with E-state index in [0.717, 1.165) is 55.5 Å². The SMILES string of the molecule is CCNC(=NCc1ccc(OC)cc1OC)NCC1CCCN(C(=O)OC(C)(C)C)C1. The Labute approximate surface area is 186 Å². The molecule has 8 heteroatoms. The van der Waals surface area contributed by atoms with E-state index in [0.29, 0.717) is 19.0 Å². The van der Waals surface area contributed by atoms with Crippen molar-refractivity contribution >= 4 is 12.1 Å². The molecule has 1 atom stereocenters. The largest absolute Gasteiger partial charge is 0.497 e. The fourth-order valence-electron chi connectivity index (χ4n) is 3.45. The number of carbonyl (C=O) groups is 1. The highest BCUT2D eigenvalue weighted by Gasteiger charge is 2.27.